The summed E-state index contributed by atoms with van der Waals surface area (Å²) in [5, 5.41) is 0. The zero-order valence-electron chi connectivity index (χ0n) is 15.2. The summed E-state index contributed by atoms with van der Waals surface area (Å²) in [5.74, 6) is 2.82. The number of likely N-dealkylation sites (tertiary alicyclic amines) is 1. The van der Waals surface area contributed by atoms with E-state index in [4.69, 9.17) is 4.74 Å². The van der Waals surface area contributed by atoms with Crippen molar-refractivity contribution in [3.8, 4) is 0 Å². The smallest absolute Gasteiger partial charge is 0.0599 e. The molecule has 0 unspecified atom stereocenters. The van der Waals surface area contributed by atoms with E-state index in [-0.39, 0.29) is 0 Å². The fraction of sp³-hybridized carbons (Fsp3) is 1.00. The Morgan fingerprint density at radius 1 is 0.952 bits per heavy atom. The van der Waals surface area contributed by atoms with Crippen LogP contribution in [-0.4, -0.2) is 37.7 Å². The largest absolute Gasteiger partial charge is 0.378 e. The minimum Gasteiger partial charge on any atom is -0.378 e. The lowest BCUT2D eigenvalue weighted by Gasteiger charge is -2.32. The molecular weight excluding hydrogens is 258 g/mol. The highest BCUT2D eigenvalue weighted by atomic mass is 16.5. The van der Waals surface area contributed by atoms with Gasteiger partial charge in [0.15, 0.2) is 0 Å². The molecule has 1 heterocycles. The highest BCUT2D eigenvalue weighted by molar-refractivity contribution is 4.75. The van der Waals surface area contributed by atoms with Crippen LogP contribution >= 0.6 is 0 Å². The standard InChI is InChI=1S/C17H33NO.C2H6/c1-14(2)16-6-4-15(5-7-16)10-13-19-17-8-11-18(3)12-9-17;1-2/h14-17H,4-13H2,1-3H3;1-2H3. The van der Waals surface area contributed by atoms with Crippen molar-refractivity contribution in [1.29, 1.82) is 0 Å². The molecule has 0 atom stereocenters. The van der Waals surface area contributed by atoms with Gasteiger partial charge in [0.25, 0.3) is 0 Å². The molecule has 2 aliphatic rings. The van der Waals surface area contributed by atoms with E-state index in [1.54, 1.807) is 0 Å². The molecule has 2 rings (SSSR count). The first kappa shape index (κ1) is 19.0. The van der Waals surface area contributed by atoms with Crippen LogP contribution in [0.5, 0.6) is 0 Å². The van der Waals surface area contributed by atoms with Gasteiger partial charge in [-0.25, -0.2) is 0 Å². The normalized spacial score (nSPS) is 28.3. The predicted molar refractivity (Wildman–Crippen MR) is 92.7 cm³/mol. The van der Waals surface area contributed by atoms with Crippen LogP contribution in [0.1, 0.15) is 72.6 Å². The molecule has 1 aliphatic heterocycles. The number of ether oxygens (including phenoxy) is 1. The molecule has 0 aromatic heterocycles. The third-order valence-electron chi connectivity index (χ3n) is 5.38. The lowest BCUT2D eigenvalue weighted by Crippen LogP contribution is -2.34. The van der Waals surface area contributed by atoms with Gasteiger partial charge < -0.3 is 9.64 Å². The molecule has 0 N–H and O–H groups in total. The molecule has 0 aromatic rings. The van der Waals surface area contributed by atoms with Crippen molar-refractivity contribution in [3.63, 3.8) is 0 Å². The third-order valence-corrected chi connectivity index (χ3v) is 5.38. The third kappa shape index (κ3) is 7.15. The molecule has 1 aliphatic carbocycles. The molecule has 0 bridgehead atoms. The van der Waals surface area contributed by atoms with Crippen LogP contribution in [0.25, 0.3) is 0 Å². The lowest BCUT2D eigenvalue weighted by atomic mass is 9.76. The Morgan fingerprint density at radius 2 is 1.52 bits per heavy atom. The average molecular weight is 298 g/mol. The van der Waals surface area contributed by atoms with Crippen LogP contribution in [0.4, 0.5) is 0 Å². The van der Waals surface area contributed by atoms with Gasteiger partial charge in [0.1, 0.15) is 0 Å². The second kappa shape index (κ2) is 10.6. The summed E-state index contributed by atoms with van der Waals surface area (Å²) in [5.41, 5.74) is 0. The van der Waals surface area contributed by atoms with Gasteiger partial charge in [-0.15, -0.1) is 0 Å². The second-order valence-electron chi connectivity index (χ2n) is 7.19. The molecular formula is C19H39NO. The van der Waals surface area contributed by atoms with Crippen molar-refractivity contribution < 1.29 is 4.74 Å². The first-order valence-electron chi connectivity index (χ1n) is 9.45. The van der Waals surface area contributed by atoms with Crippen molar-refractivity contribution in [2.45, 2.75) is 78.7 Å². The predicted octanol–water partition coefficient (Wildman–Crippen LogP) is 4.98. The molecule has 0 spiro atoms. The van der Waals surface area contributed by atoms with Gasteiger partial charge in [0.2, 0.25) is 0 Å². The van der Waals surface area contributed by atoms with Crippen LogP contribution in [0, 0.1) is 17.8 Å². The highest BCUT2D eigenvalue weighted by Crippen LogP contribution is 2.34. The number of rotatable bonds is 5. The Kier molecular flexibility index (Phi) is 9.59. The van der Waals surface area contributed by atoms with Crippen LogP contribution < -0.4 is 0 Å². The van der Waals surface area contributed by atoms with Crippen molar-refractivity contribution in [2.75, 3.05) is 26.7 Å². The molecule has 1 saturated carbocycles. The molecule has 0 aromatic carbocycles. The van der Waals surface area contributed by atoms with Gasteiger partial charge in [0, 0.05) is 19.7 Å². The maximum atomic E-state index is 6.08. The van der Waals surface area contributed by atoms with E-state index >= 15 is 0 Å². The van der Waals surface area contributed by atoms with Crippen molar-refractivity contribution in [3.05, 3.63) is 0 Å². The van der Waals surface area contributed by atoms with E-state index in [0.29, 0.717) is 6.10 Å². The quantitative estimate of drug-likeness (QED) is 0.710. The molecule has 1 saturated heterocycles. The summed E-state index contributed by atoms with van der Waals surface area (Å²) in [6, 6.07) is 0. The number of piperidine rings is 1. The number of hydrogen-bond donors (Lipinski definition) is 0. The molecule has 2 heteroatoms. The van der Waals surface area contributed by atoms with Crippen LogP contribution in [-0.2, 0) is 4.74 Å². The molecule has 21 heavy (non-hydrogen) atoms. The van der Waals surface area contributed by atoms with E-state index in [9.17, 15) is 0 Å². The molecule has 2 fully saturated rings. The Morgan fingerprint density at radius 3 is 2.05 bits per heavy atom. The van der Waals surface area contributed by atoms with Crippen molar-refractivity contribution in [2.24, 2.45) is 17.8 Å². The topological polar surface area (TPSA) is 12.5 Å². The SMILES string of the molecule is CC.CC(C)C1CCC(CCOC2CCN(C)CC2)CC1. The van der Waals surface area contributed by atoms with E-state index in [1.165, 1.54) is 58.0 Å². The van der Waals surface area contributed by atoms with Gasteiger partial charge >= 0.3 is 0 Å². The Labute approximate surface area is 133 Å². The minimum absolute atomic E-state index is 0.545. The van der Waals surface area contributed by atoms with Gasteiger partial charge in [-0.1, -0.05) is 40.5 Å². The van der Waals surface area contributed by atoms with Gasteiger partial charge in [-0.2, -0.15) is 0 Å². The average Bonchev–Trinajstić information content (AvgIpc) is 2.52. The maximum absolute atomic E-state index is 6.08. The lowest BCUT2D eigenvalue weighted by molar-refractivity contribution is 0.00365. The van der Waals surface area contributed by atoms with Crippen LogP contribution in [0.2, 0.25) is 0 Å². The fourth-order valence-electron chi connectivity index (χ4n) is 3.70. The van der Waals surface area contributed by atoms with Crippen LogP contribution in [0.3, 0.4) is 0 Å². The zero-order valence-corrected chi connectivity index (χ0v) is 15.2. The molecule has 126 valence electrons. The zero-order chi connectivity index (χ0) is 15.7. The second-order valence-corrected chi connectivity index (χ2v) is 7.19. The summed E-state index contributed by atoms with van der Waals surface area (Å²) in [4.78, 5) is 2.41. The Balaban J connectivity index is 0.00000106. The monoisotopic (exact) mass is 297 g/mol. The number of nitrogens with zero attached hydrogens (tertiary/aromatic N) is 1. The Hall–Kier alpha value is -0.0800. The summed E-state index contributed by atoms with van der Waals surface area (Å²) >= 11 is 0. The highest BCUT2D eigenvalue weighted by Gasteiger charge is 2.23. The van der Waals surface area contributed by atoms with E-state index in [1.807, 2.05) is 13.8 Å². The fourth-order valence-corrected chi connectivity index (χ4v) is 3.70. The van der Waals surface area contributed by atoms with E-state index < -0.39 is 0 Å². The maximum Gasteiger partial charge on any atom is 0.0599 e. The summed E-state index contributed by atoms with van der Waals surface area (Å²) in [6.45, 7) is 12.2. The van der Waals surface area contributed by atoms with E-state index in [0.717, 1.165) is 24.4 Å². The van der Waals surface area contributed by atoms with Gasteiger partial charge in [0.05, 0.1) is 6.10 Å². The first-order chi connectivity index (χ1) is 10.1. The molecule has 0 amide bonds. The van der Waals surface area contributed by atoms with E-state index in [2.05, 4.69) is 25.8 Å². The Bertz CT molecular complexity index is 238. The number of hydrogen-bond acceptors (Lipinski definition) is 2. The molecule has 0 radical (unpaired) electrons. The van der Waals surface area contributed by atoms with Crippen molar-refractivity contribution in [1.82, 2.24) is 4.90 Å². The van der Waals surface area contributed by atoms with Gasteiger partial charge in [-0.3, -0.25) is 0 Å². The summed E-state index contributed by atoms with van der Waals surface area (Å²) in [6.07, 6.45) is 10.1. The summed E-state index contributed by atoms with van der Waals surface area (Å²) in [7, 11) is 2.21. The minimum atomic E-state index is 0.545. The van der Waals surface area contributed by atoms with Crippen molar-refractivity contribution >= 4 is 0 Å². The summed E-state index contributed by atoms with van der Waals surface area (Å²) < 4.78 is 6.08. The molecule has 2 nitrogen and oxygen atoms in total. The van der Waals surface area contributed by atoms with Crippen LogP contribution in [0.15, 0.2) is 0 Å². The first-order valence-corrected chi connectivity index (χ1v) is 9.45. The van der Waals surface area contributed by atoms with Gasteiger partial charge in [-0.05, 0) is 56.9 Å².